The van der Waals surface area contributed by atoms with Crippen LogP contribution in [-0.2, 0) is 0 Å². The number of anilines is 1. The molecule has 1 fully saturated rings. The molecule has 25 heavy (non-hydrogen) atoms. The Kier molecular flexibility index (Phi) is 5.24. The van der Waals surface area contributed by atoms with E-state index in [1.807, 2.05) is 12.1 Å². The van der Waals surface area contributed by atoms with E-state index in [2.05, 4.69) is 61.8 Å². The molecular weight excluding hydrogens is 308 g/mol. The van der Waals surface area contributed by atoms with Crippen LogP contribution in [0.4, 0.5) is 5.69 Å². The van der Waals surface area contributed by atoms with Crippen molar-refractivity contribution < 1.29 is 4.79 Å². The largest absolute Gasteiger partial charge is 0.369 e. The first-order valence-electron chi connectivity index (χ1n) is 9.11. The van der Waals surface area contributed by atoms with Crippen LogP contribution in [0.1, 0.15) is 45.6 Å². The number of nitrogens with zero attached hydrogens (tertiary/aromatic N) is 2. The van der Waals surface area contributed by atoms with Crippen molar-refractivity contribution in [3.05, 3.63) is 64.2 Å². The van der Waals surface area contributed by atoms with Crippen LogP contribution in [-0.4, -0.2) is 37.4 Å². The first-order valence-corrected chi connectivity index (χ1v) is 9.11. The van der Waals surface area contributed by atoms with Crippen LogP contribution in [0.25, 0.3) is 0 Å². The molecule has 0 aliphatic carbocycles. The van der Waals surface area contributed by atoms with Gasteiger partial charge in [-0.3, -0.25) is 9.69 Å². The highest BCUT2D eigenvalue weighted by atomic mass is 16.1. The van der Waals surface area contributed by atoms with Crippen LogP contribution in [0.5, 0.6) is 0 Å². The van der Waals surface area contributed by atoms with Crippen molar-refractivity contribution in [3.63, 3.8) is 0 Å². The molecule has 1 heterocycles. The minimum atomic E-state index is 0.446. The molecule has 0 aromatic heterocycles. The predicted octanol–water partition coefficient (Wildman–Crippen LogP) is 4.31. The molecule has 132 valence electrons. The molecule has 0 amide bonds. The lowest BCUT2D eigenvalue weighted by Gasteiger charge is -2.40. The lowest BCUT2D eigenvalue weighted by molar-refractivity contribution is 0.112. The van der Waals surface area contributed by atoms with Crippen LogP contribution in [0, 0.1) is 20.8 Å². The minimum absolute atomic E-state index is 0.446. The molecule has 3 nitrogen and oxygen atoms in total. The van der Waals surface area contributed by atoms with Gasteiger partial charge in [-0.15, -0.1) is 0 Å². The fraction of sp³-hybridized carbons (Fsp3) is 0.409. The molecule has 2 aromatic rings. The fourth-order valence-corrected chi connectivity index (χ4v) is 3.95. The van der Waals surface area contributed by atoms with Gasteiger partial charge in [-0.1, -0.05) is 23.8 Å². The highest BCUT2D eigenvalue weighted by Gasteiger charge is 2.23. The first kappa shape index (κ1) is 17.7. The summed E-state index contributed by atoms with van der Waals surface area (Å²) in [5.74, 6) is 0. The fourth-order valence-electron chi connectivity index (χ4n) is 3.95. The molecular formula is C22H28N2O. The van der Waals surface area contributed by atoms with Gasteiger partial charge in [-0.2, -0.15) is 0 Å². The topological polar surface area (TPSA) is 23.6 Å². The molecule has 2 aromatic carbocycles. The van der Waals surface area contributed by atoms with Crippen molar-refractivity contribution in [1.29, 1.82) is 0 Å². The standard InChI is InChI=1S/C22H28N2O/c1-16-5-7-21(17(2)13-16)19(4)23-9-11-24(12-10-23)22-8-6-20(15-25)14-18(22)3/h5-8,13-15,19H,9-12H2,1-4H3/t19-/m1/s1. The predicted molar refractivity (Wildman–Crippen MR) is 105 cm³/mol. The monoisotopic (exact) mass is 336 g/mol. The maximum atomic E-state index is 10.9. The summed E-state index contributed by atoms with van der Waals surface area (Å²) in [6.07, 6.45) is 0.917. The van der Waals surface area contributed by atoms with E-state index in [0.717, 1.165) is 38.0 Å². The number of piperazine rings is 1. The SMILES string of the molecule is Cc1ccc([C@@H](C)N2CCN(c3ccc(C=O)cc3C)CC2)c(C)c1. The van der Waals surface area contributed by atoms with E-state index in [-0.39, 0.29) is 0 Å². The maximum Gasteiger partial charge on any atom is 0.150 e. The first-order chi connectivity index (χ1) is 12.0. The van der Waals surface area contributed by atoms with E-state index >= 15 is 0 Å². The molecule has 1 atom stereocenters. The molecule has 0 saturated carbocycles. The quantitative estimate of drug-likeness (QED) is 0.778. The molecule has 3 heteroatoms. The summed E-state index contributed by atoms with van der Waals surface area (Å²) in [5, 5.41) is 0. The van der Waals surface area contributed by atoms with Gasteiger partial charge in [0.05, 0.1) is 0 Å². The van der Waals surface area contributed by atoms with Gasteiger partial charge in [0.2, 0.25) is 0 Å². The molecule has 3 rings (SSSR count). The Bertz CT molecular complexity index is 761. The van der Waals surface area contributed by atoms with E-state index in [9.17, 15) is 4.79 Å². The van der Waals surface area contributed by atoms with Crippen LogP contribution in [0.15, 0.2) is 36.4 Å². The van der Waals surface area contributed by atoms with Crippen molar-refractivity contribution >= 4 is 12.0 Å². The zero-order valence-corrected chi connectivity index (χ0v) is 15.7. The molecule has 1 aliphatic rings. The van der Waals surface area contributed by atoms with Gasteiger partial charge in [0.25, 0.3) is 0 Å². The Morgan fingerprint density at radius 3 is 2.24 bits per heavy atom. The summed E-state index contributed by atoms with van der Waals surface area (Å²) in [7, 11) is 0. The number of carbonyl (C=O) groups excluding carboxylic acids is 1. The summed E-state index contributed by atoms with van der Waals surface area (Å²) >= 11 is 0. The van der Waals surface area contributed by atoms with Gasteiger partial charge in [-0.05, 0) is 62.6 Å². The zero-order valence-electron chi connectivity index (χ0n) is 15.7. The highest BCUT2D eigenvalue weighted by Crippen LogP contribution is 2.28. The van der Waals surface area contributed by atoms with Gasteiger partial charge < -0.3 is 4.90 Å². The summed E-state index contributed by atoms with van der Waals surface area (Å²) in [6, 6.07) is 13.2. The van der Waals surface area contributed by atoms with Crippen LogP contribution >= 0.6 is 0 Å². The molecule has 0 N–H and O–H groups in total. The Hall–Kier alpha value is -2.13. The average molecular weight is 336 g/mol. The second kappa shape index (κ2) is 7.40. The van der Waals surface area contributed by atoms with Gasteiger partial charge in [-0.25, -0.2) is 0 Å². The number of aldehydes is 1. The van der Waals surface area contributed by atoms with E-state index in [1.165, 1.54) is 27.9 Å². The van der Waals surface area contributed by atoms with E-state index < -0.39 is 0 Å². The number of rotatable bonds is 4. The third-order valence-electron chi connectivity index (χ3n) is 5.43. The third kappa shape index (κ3) is 3.77. The maximum absolute atomic E-state index is 10.9. The Labute approximate surface area is 151 Å². The zero-order chi connectivity index (χ0) is 18.0. The van der Waals surface area contributed by atoms with Crippen LogP contribution < -0.4 is 4.90 Å². The lowest BCUT2D eigenvalue weighted by atomic mass is 9.98. The lowest BCUT2D eigenvalue weighted by Crippen LogP contribution is -2.47. The van der Waals surface area contributed by atoms with Crippen molar-refractivity contribution in [2.45, 2.75) is 33.7 Å². The normalized spacial score (nSPS) is 16.7. The third-order valence-corrected chi connectivity index (χ3v) is 5.43. The molecule has 0 radical (unpaired) electrons. The van der Waals surface area contributed by atoms with Gasteiger partial charge in [0, 0.05) is 43.5 Å². The second-order valence-corrected chi connectivity index (χ2v) is 7.22. The van der Waals surface area contributed by atoms with Gasteiger partial charge in [0.1, 0.15) is 6.29 Å². The summed E-state index contributed by atoms with van der Waals surface area (Å²) in [6.45, 7) is 12.9. The van der Waals surface area contributed by atoms with E-state index in [0.29, 0.717) is 6.04 Å². The Morgan fingerprint density at radius 1 is 0.920 bits per heavy atom. The molecule has 1 aliphatic heterocycles. The number of carbonyl (C=O) groups is 1. The molecule has 0 bridgehead atoms. The molecule has 0 unspecified atom stereocenters. The summed E-state index contributed by atoms with van der Waals surface area (Å²) in [5.41, 5.74) is 7.33. The number of hydrogen-bond acceptors (Lipinski definition) is 3. The smallest absolute Gasteiger partial charge is 0.150 e. The minimum Gasteiger partial charge on any atom is -0.369 e. The van der Waals surface area contributed by atoms with E-state index in [4.69, 9.17) is 0 Å². The van der Waals surface area contributed by atoms with Crippen molar-refractivity contribution in [2.24, 2.45) is 0 Å². The Morgan fingerprint density at radius 2 is 1.64 bits per heavy atom. The van der Waals surface area contributed by atoms with Crippen molar-refractivity contribution in [2.75, 3.05) is 31.1 Å². The van der Waals surface area contributed by atoms with Crippen molar-refractivity contribution in [3.8, 4) is 0 Å². The van der Waals surface area contributed by atoms with Crippen LogP contribution in [0.3, 0.4) is 0 Å². The molecule has 1 saturated heterocycles. The van der Waals surface area contributed by atoms with E-state index in [1.54, 1.807) is 0 Å². The van der Waals surface area contributed by atoms with Gasteiger partial charge >= 0.3 is 0 Å². The Balaban J connectivity index is 1.68. The second-order valence-electron chi connectivity index (χ2n) is 7.22. The summed E-state index contributed by atoms with van der Waals surface area (Å²) < 4.78 is 0. The number of aryl methyl sites for hydroxylation is 3. The summed E-state index contributed by atoms with van der Waals surface area (Å²) in [4.78, 5) is 15.9. The molecule has 0 spiro atoms. The number of hydrogen-bond donors (Lipinski definition) is 0. The highest BCUT2D eigenvalue weighted by molar-refractivity contribution is 5.77. The average Bonchev–Trinajstić information content (AvgIpc) is 2.61. The van der Waals surface area contributed by atoms with Crippen molar-refractivity contribution in [1.82, 2.24) is 4.90 Å². The van der Waals surface area contributed by atoms with Gasteiger partial charge in [0.15, 0.2) is 0 Å². The van der Waals surface area contributed by atoms with Crippen LogP contribution in [0.2, 0.25) is 0 Å². The number of benzene rings is 2.